The van der Waals surface area contributed by atoms with E-state index in [9.17, 15) is 4.79 Å². The van der Waals surface area contributed by atoms with Crippen LogP contribution in [0.3, 0.4) is 0 Å². The van der Waals surface area contributed by atoms with E-state index >= 15 is 0 Å². The van der Waals surface area contributed by atoms with E-state index < -0.39 is 5.60 Å². The smallest absolute Gasteiger partial charge is 0.407 e. The molecule has 2 heterocycles. The lowest BCUT2D eigenvalue weighted by Crippen LogP contribution is -2.44. The second-order valence-electron chi connectivity index (χ2n) is 9.02. The summed E-state index contributed by atoms with van der Waals surface area (Å²) in [7, 11) is 0. The van der Waals surface area contributed by atoms with Gasteiger partial charge in [-0.2, -0.15) is 0 Å². The van der Waals surface area contributed by atoms with Gasteiger partial charge in [0, 0.05) is 38.7 Å². The molecule has 3 atom stereocenters. The summed E-state index contributed by atoms with van der Waals surface area (Å²) in [6.45, 7) is 11.6. The van der Waals surface area contributed by atoms with E-state index in [0.29, 0.717) is 5.92 Å². The summed E-state index contributed by atoms with van der Waals surface area (Å²) in [6.07, 6.45) is 1.65. The van der Waals surface area contributed by atoms with E-state index in [2.05, 4.69) is 46.7 Å². The number of benzene rings is 1. The van der Waals surface area contributed by atoms with Crippen molar-refractivity contribution < 1.29 is 14.3 Å². The Morgan fingerprint density at radius 1 is 1.26 bits per heavy atom. The van der Waals surface area contributed by atoms with E-state index in [1.165, 1.54) is 5.56 Å². The standard InChI is InChI=1S/C23H36N4O3.HI/c1-5-24-21(27-13-11-19(16-27)26-22(28)30-23(2,3)4)25-15-18-12-14-29-20(18)17-9-7-6-8-10-17;/h6-10,18-20H,5,11-16H2,1-4H3,(H,24,25)(H,26,28);1H/t18?,19-,20?;/m1./s1. The number of likely N-dealkylation sites (tertiary alicyclic amines) is 1. The number of amides is 1. The highest BCUT2D eigenvalue weighted by atomic mass is 127. The lowest BCUT2D eigenvalue weighted by atomic mass is 9.95. The van der Waals surface area contributed by atoms with Crippen molar-refractivity contribution in [2.45, 2.75) is 58.3 Å². The average Bonchev–Trinajstić information content (AvgIpc) is 3.34. The van der Waals surface area contributed by atoms with Crippen molar-refractivity contribution in [3.8, 4) is 0 Å². The molecule has 0 saturated carbocycles. The van der Waals surface area contributed by atoms with Crippen molar-refractivity contribution >= 4 is 36.0 Å². The minimum atomic E-state index is -0.489. The first kappa shape index (κ1) is 25.7. The Morgan fingerprint density at radius 3 is 2.68 bits per heavy atom. The van der Waals surface area contributed by atoms with Gasteiger partial charge in [-0.3, -0.25) is 4.99 Å². The lowest BCUT2D eigenvalue weighted by Gasteiger charge is -2.24. The fourth-order valence-corrected chi connectivity index (χ4v) is 4.01. The first-order chi connectivity index (χ1) is 14.4. The summed E-state index contributed by atoms with van der Waals surface area (Å²) in [5.41, 5.74) is 0.736. The van der Waals surface area contributed by atoms with Crippen LogP contribution in [0.4, 0.5) is 4.79 Å². The summed E-state index contributed by atoms with van der Waals surface area (Å²) < 4.78 is 11.4. The first-order valence-corrected chi connectivity index (χ1v) is 11.0. The molecule has 2 aliphatic heterocycles. The third-order valence-electron chi connectivity index (χ3n) is 5.36. The van der Waals surface area contributed by atoms with E-state index in [4.69, 9.17) is 14.5 Å². The van der Waals surface area contributed by atoms with E-state index in [1.54, 1.807) is 0 Å². The predicted octanol–water partition coefficient (Wildman–Crippen LogP) is 3.95. The molecule has 0 aromatic heterocycles. The number of guanidine groups is 1. The fourth-order valence-electron chi connectivity index (χ4n) is 4.01. The number of hydrogen-bond donors (Lipinski definition) is 2. The van der Waals surface area contributed by atoms with E-state index in [-0.39, 0.29) is 42.2 Å². The van der Waals surface area contributed by atoms with Gasteiger partial charge in [-0.1, -0.05) is 30.3 Å². The molecule has 0 aliphatic carbocycles. The van der Waals surface area contributed by atoms with Crippen molar-refractivity contribution in [1.29, 1.82) is 0 Å². The Kier molecular flexibility index (Phi) is 9.87. The zero-order valence-corrected chi connectivity index (χ0v) is 21.4. The van der Waals surface area contributed by atoms with Crippen LogP contribution < -0.4 is 10.6 Å². The first-order valence-electron chi connectivity index (χ1n) is 11.0. The third-order valence-corrected chi connectivity index (χ3v) is 5.36. The van der Waals surface area contributed by atoms with Gasteiger partial charge in [0.25, 0.3) is 0 Å². The van der Waals surface area contributed by atoms with Gasteiger partial charge in [0.05, 0.1) is 12.1 Å². The topological polar surface area (TPSA) is 75.2 Å². The van der Waals surface area contributed by atoms with Gasteiger partial charge in [-0.05, 0) is 46.1 Å². The average molecular weight is 544 g/mol. The molecule has 2 fully saturated rings. The molecule has 174 valence electrons. The predicted molar refractivity (Wildman–Crippen MR) is 134 cm³/mol. The summed E-state index contributed by atoms with van der Waals surface area (Å²) in [5.74, 6) is 1.28. The molecule has 2 aliphatic rings. The fraction of sp³-hybridized carbons (Fsp3) is 0.652. The molecule has 1 amide bonds. The van der Waals surface area contributed by atoms with Gasteiger partial charge in [-0.25, -0.2) is 4.79 Å². The number of nitrogens with zero attached hydrogens (tertiary/aromatic N) is 2. The van der Waals surface area contributed by atoms with Gasteiger partial charge >= 0.3 is 6.09 Å². The quantitative estimate of drug-likeness (QED) is 0.334. The largest absolute Gasteiger partial charge is 0.444 e. The Bertz CT molecular complexity index is 723. The summed E-state index contributed by atoms with van der Waals surface area (Å²) in [4.78, 5) is 19.2. The molecule has 1 aromatic rings. The maximum absolute atomic E-state index is 12.1. The van der Waals surface area contributed by atoms with Crippen molar-refractivity contribution in [3.05, 3.63) is 35.9 Å². The molecule has 0 radical (unpaired) electrons. The molecular formula is C23H37IN4O3. The highest BCUT2D eigenvalue weighted by Gasteiger charge is 2.31. The Labute approximate surface area is 203 Å². The van der Waals surface area contributed by atoms with E-state index in [0.717, 1.165) is 51.6 Å². The van der Waals surface area contributed by atoms with Crippen LogP contribution in [0.5, 0.6) is 0 Å². The van der Waals surface area contributed by atoms with Crippen LogP contribution in [-0.2, 0) is 9.47 Å². The summed E-state index contributed by atoms with van der Waals surface area (Å²) in [6, 6.07) is 10.5. The second kappa shape index (κ2) is 11.9. The van der Waals surface area contributed by atoms with Gasteiger partial charge in [-0.15, -0.1) is 24.0 Å². The number of hydrogen-bond acceptors (Lipinski definition) is 4. The van der Waals surface area contributed by atoms with Crippen molar-refractivity contribution in [2.24, 2.45) is 10.9 Å². The molecule has 1 aromatic carbocycles. The zero-order valence-electron chi connectivity index (χ0n) is 19.1. The molecule has 0 spiro atoms. The van der Waals surface area contributed by atoms with Crippen LogP contribution in [0.2, 0.25) is 0 Å². The minimum Gasteiger partial charge on any atom is -0.444 e. The number of carbonyl (C=O) groups excluding carboxylic acids is 1. The lowest BCUT2D eigenvalue weighted by molar-refractivity contribution is 0.0507. The zero-order chi connectivity index (χ0) is 21.6. The third kappa shape index (κ3) is 7.82. The maximum atomic E-state index is 12.1. The van der Waals surface area contributed by atoms with Crippen LogP contribution in [0.1, 0.15) is 52.2 Å². The maximum Gasteiger partial charge on any atom is 0.407 e. The molecular weight excluding hydrogens is 507 g/mol. The minimum absolute atomic E-state index is 0. The molecule has 2 unspecified atom stereocenters. The number of ether oxygens (including phenoxy) is 2. The second-order valence-corrected chi connectivity index (χ2v) is 9.02. The summed E-state index contributed by atoms with van der Waals surface area (Å²) in [5, 5.41) is 6.39. The molecule has 2 saturated heterocycles. The van der Waals surface area contributed by atoms with Gasteiger partial charge in [0.2, 0.25) is 0 Å². The number of alkyl carbamates (subject to hydrolysis) is 1. The molecule has 31 heavy (non-hydrogen) atoms. The number of aliphatic imine (C=N–C) groups is 1. The highest BCUT2D eigenvalue weighted by molar-refractivity contribution is 14.0. The molecule has 8 heteroatoms. The van der Waals surface area contributed by atoms with Crippen LogP contribution >= 0.6 is 24.0 Å². The number of carbonyl (C=O) groups is 1. The number of nitrogens with one attached hydrogen (secondary N) is 2. The number of halogens is 1. The van der Waals surface area contributed by atoms with Crippen LogP contribution in [-0.4, -0.2) is 61.4 Å². The normalized spacial score (nSPS) is 23.9. The van der Waals surface area contributed by atoms with Gasteiger partial charge in [0.15, 0.2) is 5.96 Å². The Hall–Kier alpha value is -1.55. The molecule has 2 N–H and O–H groups in total. The van der Waals surface area contributed by atoms with Crippen LogP contribution in [0.15, 0.2) is 35.3 Å². The van der Waals surface area contributed by atoms with Gasteiger partial charge < -0.3 is 25.0 Å². The number of rotatable bonds is 5. The Morgan fingerprint density at radius 2 is 2.00 bits per heavy atom. The van der Waals surface area contributed by atoms with Crippen LogP contribution in [0, 0.1) is 5.92 Å². The van der Waals surface area contributed by atoms with Crippen molar-refractivity contribution in [1.82, 2.24) is 15.5 Å². The monoisotopic (exact) mass is 544 g/mol. The van der Waals surface area contributed by atoms with Crippen LogP contribution in [0.25, 0.3) is 0 Å². The van der Waals surface area contributed by atoms with E-state index in [1.807, 2.05) is 26.8 Å². The Balaban J connectivity index is 0.00000341. The van der Waals surface area contributed by atoms with Crippen molar-refractivity contribution in [2.75, 3.05) is 32.8 Å². The molecule has 0 bridgehead atoms. The highest BCUT2D eigenvalue weighted by Crippen LogP contribution is 2.34. The SMILES string of the molecule is CCNC(=NCC1CCOC1c1ccccc1)N1CC[C@@H](NC(=O)OC(C)(C)C)C1.I. The van der Waals surface area contributed by atoms with Crippen molar-refractivity contribution in [3.63, 3.8) is 0 Å². The summed E-state index contributed by atoms with van der Waals surface area (Å²) >= 11 is 0. The molecule has 7 nitrogen and oxygen atoms in total. The molecule has 3 rings (SSSR count). The van der Waals surface area contributed by atoms with Gasteiger partial charge in [0.1, 0.15) is 5.60 Å².